The molecule has 0 fully saturated rings. The van der Waals surface area contributed by atoms with Crippen LogP contribution >= 0.6 is 11.6 Å². The second-order valence-electron chi connectivity index (χ2n) is 1.81. The molecule has 1 N–H and O–H groups in total. The molecule has 0 atom stereocenters. The number of nitrogens with zero attached hydrogens (tertiary/aromatic N) is 1. The molecular weight excluding hydrogens is 190 g/mol. The minimum Gasteiger partial charge on any atom is -0.282 e. The van der Waals surface area contributed by atoms with Crippen molar-refractivity contribution in [3.05, 3.63) is 23.5 Å². The normalized spacial score (nSPS) is 11.5. The molecule has 0 unspecified atom stereocenters. The highest BCUT2D eigenvalue weighted by Gasteiger charge is 2.09. The fraction of sp³-hybridized carbons (Fsp3) is 0. The van der Waals surface area contributed by atoms with E-state index in [-0.39, 0.29) is 9.92 Å². The summed E-state index contributed by atoms with van der Waals surface area (Å²) in [6, 6.07) is 1.11. The summed E-state index contributed by atoms with van der Waals surface area (Å²) in [5.41, 5.74) is 0. The van der Waals surface area contributed by atoms with Crippen molar-refractivity contribution < 1.29 is 13.0 Å². The third-order valence-electron chi connectivity index (χ3n) is 0.978. The molecule has 0 spiro atoms. The third kappa shape index (κ3) is 2.14. The molecule has 11 heavy (non-hydrogen) atoms. The molecule has 0 amide bonds. The molecule has 0 saturated heterocycles. The number of halogens is 1. The average molecular weight is 194 g/mol. The Bertz CT molecular complexity index is 362. The smallest absolute Gasteiger partial charge is 0.282 e. The predicted molar refractivity (Wildman–Crippen MR) is 39.1 cm³/mol. The van der Waals surface area contributed by atoms with Crippen LogP contribution in [0, 0.1) is 0 Å². The van der Waals surface area contributed by atoms with E-state index >= 15 is 0 Å². The fourth-order valence-corrected chi connectivity index (χ4v) is 1.24. The van der Waals surface area contributed by atoms with E-state index in [0.29, 0.717) is 0 Å². The number of pyridine rings is 1. The predicted octanol–water partition coefficient (Wildman–Crippen LogP) is 0.982. The van der Waals surface area contributed by atoms with Gasteiger partial charge in [-0.15, -0.1) is 0 Å². The van der Waals surface area contributed by atoms with Crippen LogP contribution < -0.4 is 0 Å². The molecule has 1 heterocycles. The molecule has 1 rings (SSSR count). The number of rotatable bonds is 1. The van der Waals surface area contributed by atoms with Crippen LogP contribution in [-0.4, -0.2) is 18.0 Å². The summed E-state index contributed by atoms with van der Waals surface area (Å²) < 4.78 is 29.4. The van der Waals surface area contributed by atoms with Crippen LogP contribution in [0.15, 0.2) is 23.4 Å². The first-order valence-electron chi connectivity index (χ1n) is 2.58. The van der Waals surface area contributed by atoms with Gasteiger partial charge in [-0.05, 0) is 6.07 Å². The molecule has 60 valence electrons. The van der Waals surface area contributed by atoms with Gasteiger partial charge in [0.25, 0.3) is 10.1 Å². The van der Waals surface area contributed by atoms with E-state index < -0.39 is 10.1 Å². The van der Waals surface area contributed by atoms with Crippen molar-refractivity contribution in [1.82, 2.24) is 4.98 Å². The molecule has 0 aliphatic rings. The lowest BCUT2D eigenvalue weighted by Gasteiger charge is -1.94. The van der Waals surface area contributed by atoms with Crippen LogP contribution in [0.1, 0.15) is 0 Å². The van der Waals surface area contributed by atoms with Gasteiger partial charge < -0.3 is 0 Å². The first-order valence-corrected chi connectivity index (χ1v) is 4.40. The fourth-order valence-electron chi connectivity index (χ4n) is 0.533. The lowest BCUT2D eigenvalue weighted by atomic mass is 10.5. The third-order valence-corrected chi connectivity index (χ3v) is 2.00. The van der Waals surface area contributed by atoms with Gasteiger partial charge in [-0.1, -0.05) is 11.6 Å². The number of aromatic nitrogens is 1. The minimum absolute atomic E-state index is 0.167. The van der Waals surface area contributed by atoms with E-state index in [4.69, 9.17) is 16.2 Å². The Hall–Kier alpha value is -0.650. The Morgan fingerprint density at radius 2 is 2.09 bits per heavy atom. The monoisotopic (exact) mass is 193 g/mol. The van der Waals surface area contributed by atoms with Crippen LogP contribution in [0.2, 0.25) is 5.02 Å². The molecular formula is C5H4ClNO3S. The summed E-state index contributed by atoms with van der Waals surface area (Å²) in [6.07, 6.45) is 2.29. The Balaban J connectivity index is 3.28. The Morgan fingerprint density at radius 1 is 1.45 bits per heavy atom. The van der Waals surface area contributed by atoms with Crippen molar-refractivity contribution in [2.24, 2.45) is 0 Å². The van der Waals surface area contributed by atoms with Gasteiger partial charge in [-0.2, -0.15) is 8.42 Å². The molecule has 0 aromatic carbocycles. The molecule has 0 saturated carbocycles. The highest BCUT2D eigenvalue weighted by atomic mass is 35.5. The van der Waals surface area contributed by atoms with Crippen molar-refractivity contribution in [3.63, 3.8) is 0 Å². The summed E-state index contributed by atoms with van der Waals surface area (Å²) in [5.74, 6) is 0. The Labute approximate surface area is 68.6 Å². The van der Waals surface area contributed by atoms with Crippen molar-refractivity contribution >= 4 is 21.7 Å². The van der Waals surface area contributed by atoms with Gasteiger partial charge in [0.15, 0.2) is 0 Å². The lowest BCUT2D eigenvalue weighted by molar-refractivity contribution is 0.483. The SMILES string of the molecule is O=S(=O)(O)c1cncc(Cl)c1. The van der Waals surface area contributed by atoms with E-state index in [1.165, 1.54) is 6.20 Å². The average Bonchev–Trinajstić information content (AvgIpc) is 1.86. The maximum atomic E-state index is 10.4. The largest absolute Gasteiger partial charge is 0.296 e. The number of hydrogen-bond acceptors (Lipinski definition) is 3. The summed E-state index contributed by atoms with van der Waals surface area (Å²) in [7, 11) is -4.17. The Kier molecular flexibility index (Phi) is 2.12. The summed E-state index contributed by atoms with van der Waals surface area (Å²) in [4.78, 5) is 3.18. The Morgan fingerprint density at radius 3 is 2.45 bits per heavy atom. The van der Waals surface area contributed by atoms with Crippen LogP contribution in [0.5, 0.6) is 0 Å². The topological polar surface area (TPSA) is 67.3 Å². The molecule has 1 aromatic heterocycles. The zero-order valence-corrected chi connectivity index (χ0v) is 6.80. The van der Waals surface area contributed by atoms with Gasteiger partial charge in [0.05, 0.1) is 5.02 Å². The first-order chi connectivity index (χ1) is 5.00. The van der Waals surface area contributed by atoms with Crippen molar-refractivity contribution in [2.45, 2.75) is 4.90 Å². The zero-order chi connectivity index (χ0) is 8.48. The zero-order valence-electron chi connectivity index (χ0n) is 5.23. The summed E-state index contributed by atoms with van der Waals surface area (Å²) >= 11 is 5.41. The summed E-state index contributed by atoms with van der Waals surface area (Å²) in [6.45, 7) is 0. The maximum Gasteiger partial charge on any atom is 0.296 e. The van der Waals surface area contributed by atoms with Crippen molar-refractivity contribution in [1.29, 1.82) is 0 Å². The highest BCUT2D eigenvalue weighted by Crippen LogP contribution is 2.12. The van der Waals surface area contributed by atoms with E-state index in [2.05, 4.69) is 4.98 Å². The van der Waals surface area contributed by atoms with Gasteiger partial charge in [-0.3, -0.25) is 9.54 Å². The van der Waals surface area contributed by atoms with E-state index in [9.17, 15) is 8.42 Å². The molecule has 0 radical (unpaired) electrons. The van der Waals surface area contributed by atoms with Crippen molar-refractivity contribution in [2.75, 3.05) is 0 Å². The number of hydrogen-bond donors (Lipinski definition) is 1. The van der Waals surface area contributed by atoms with Crippen LogP contribution in [0.25, 0.3) is 0 Å². The second-order valence-corrected chi connectivity index (χ2v) is 3.67. The van der Waals surface area contributed by atoms with E-state index in [0.717, 1.165) is 12.3 Å². The minimum atomic E-state index is -4.17. The maximum absolute atomic E-state index is 10.4. The second kappa shape index (κ2) is 2.77. The van der Waals surface area contributed by atoms with Crippen LogP contribution in [0.3, 0.4) is 0 Å². The first kappa shape index (κ1) is 8.45. The molecule has 6 heteroatoms. The van der Waals surface area contributed by atoms with E-state index in [1.54, 1.807) is 0 Å². The van der Waals surface area contributed by atoms with Gasteiger partial charge in [-0.25, -0.2) is 0 Å². The van der Waals surface area contributed by atoms with Crippen molar-refractivity contribution in [3.8, 4) is 0 Å². The van der Waals surface area contributed by atoms with Crippen LogP contribution in [0.4, 0.5) is 0 Å². The highest BCUT2D eigenvalue weighted by molar-refractivity contribution is 7.85. The standard InChI is InChI=1S/C5H4ClNO3S/c6-4-1-5(3-7-2-4)11(8,9)10/h1-3H,(H,8,9,10). The molecule has 1 aromatic rings. The molecule has 4 nitrogen and oxygen atoms in total. The van der Waals surface area contributed by atoms with Gasteiger partial charge in [0.2, 0.25) is 0 Å². The quantitative estimate of drug-likeness (QED) is 0.676. The molecule has 0 aliphatic heterocycles. The van der Waals surface area contributed by atoms with E-state index in [1.807, 2.05) is 0 Å². The molecule has 0 aliphatic carbocycles. The van der Waals surface area contributed by atoms with Gasteiger partial charge >= 0.3 is 0 Å². The van der Waals surface area contributed by atoms with Gasteiger partial charge in [0, 0.05) is 12.4 Å². The van der Waals surface area contributed by atoms with Crippen LogP contribution in [-0.2, 0) is 10.1 Å². The van der Waals surface area contributed by atoms with Gasteiger partial charge in [0.1, 0.15) is 4.90 Å². The summed E-state index contributed by atoms with van der Waals surface area (Å²) in [5, 5.41) is 0.167. The lowest BCUT2D eigenvalue weighted by Crippen LogP contribution is -1.97. The molecule has 0 bridgehead atoms.